The minimum Gasteiger partial charge on any atom is -0.464 e. The van der Waals surface area contributed by atoms with E-state index in [2.05, 4.69) is 9.72 Å². The summed E-state index contributed by atoms with van der Waals surface area (Å²) in [4.78, 5) is 15.3. The topological polar surface area (TPSA) is 73.3 Å². The number of hydrogen-bond acceptors (Lipinski definition) is 6. The van der Waals surface area contributed by atoms with Crippen LogP contribution < -0.4 is 0 Å². The first kappa shape index (κ1) is 11.1. The number of ether oxygens (including phenoxy) is 1. The second-order valence-electron chi connectivity index (χ2n) is 2.69. The molecule has 0 bridgehead atoms. The van der Waals surface area contributed by atoms with Crippen molar-refractivity contribution < 1.29 is 17.9 Å². The van der Waals surface area contributed by atoms with Gasteiger partial charge in [0.25, 0.3) is 0 Å². The van der Waals surface area contributed by atoms with E-state index in [0.717, 1.165) is 17.6 Å². The zero-order valence-electron chi connectivity index (χ0n) is 7.68. The van der Waals surface area contributed by atoms with Gasteiger partial charge < -0.3 is 4.74 Å². The zero-order valence-corrected chi connectivity index (χ0v) is 9.31. The third-order valence-corrected chi connectivity index (χ3v) is 3.31. The van der Waals surface area contributed by atoms with Crippen LogP contribution in [0.15, 0.2) is 6.20 Å². The van der Waals surface area contributed by atoms with Crippen molar-refractivity contribution in [3.63, 3.8) is 0 Å². The minimum atomic E-state index is -3.08. The smallest absolute Gasteiger partial charge is 0.367 e. The predicted octanol–water partition coefficient (Wildman–Crippen LogP) is 0.474. The summed E-state index contributed by atoms with van der Waals surface area (Å²) >= 11 is 1.03. The number of methoxy groups -OCH3 is 1. The Morgan fingerprint density at radius 1 is 1.64 bits per heavy atom. The summed E-state index contributed by atoms with van der Waals surface area (Å²) in [5, 5.41) is 0.172. The second-order valence-corrected chi connectivity index (χ2v) is 5.95. The lowest BCUT2D eigenvalue weighted by atomic mass is 10.6. The summed E-state index contributed by atoms with van der Waals surface area (Å²) in [6.45, 7) is 0. The molecule has 1 rings (SSSR count). The first-order chi connectivity index (χ1) is 6.42. The molecule has 1 aromatic heterocycles. The van der Waals surface area contributed by atoms with Gasteiger partial charge in [0.1, 0.15) is 0 Å². The summed E-state index contributed by atoms with van der Waals surface area (Å²) in [5.74, 6) is -0.642. The molecule has 78 valence electrons. The third kappa shape index (κ3) is 3.08. The van der Waals surface area contributed by atoms with Crippen molar-refractivity contribution in [2.24, 2.45) is 0 Å². The van der Waals surface area contributed by atoms with Gasteiger partial charge in [-0.2, -0.15) is 0 Å². The molecule has 0 fully saturated rings. The van der Waals surface area contributed by atoms with E-state index in [4.69, 9.17) is 0 Å². The highest BCUT2D eigenvalue weighted by molar-refractivity contribution is 7.90. The second kappa shape index (κ2) is 4.05. The number of aromatic nitrogens is 1. The molecule has 14 heavy (non-hydrogen) atoms. The van der Waals surface area contributed by atoms with Gasteiger partial charge in [-0.25, -0.2) is 18.2 Å². The molecule has 0 spiro atoms. The van der Waals surface area contributed by atoms with Crippen molar-refractivity contribution in [2.45, 2.75) is 5.75 Å². The Bertz CT molecular complexity index is 434. The number of hydrogen-bond donors (Lipinski definition) is 0. The summed E-state index contributed by atoms with van der Waals surface area (Å²) < 4.78 is 26.3. The Kier molecular flexibility index (Phi) is 3.22. The molecule has 0 aromatic carbocycles. The quantitative estimate of drug-likeness (QED) is 0.712. The minimum absolute atomic E-state index is 0.0956. The Labute approximate surface area is 85.7 Å². The maximum Gasteiger partial charge on any atom is 0.367 e. The van der Waals surface area contributed by atoms with Gasteiger partial charge in [0, 0.05) is 17.3 Å². The highest BCUT2D eigenvalue weighted by Crippen LogP contribution is 2.15. The van der Waals surface area contributed by atoms with Crippen LogP contribution in [0.25, 0.3) is 0 Å². The van der Waals surface area contributed by atoms with Crippen LogP contribution in [-0.2, 0) is 20.3 Å². The summed E-state index contributed by atoms with van der Waals surface area (Å²) in [5.41, 5.74) is 0. The Hall–Kier alpha value is -0.950. The van der Waals surface area contributed by atoms with E-state index in [1.165, 1.54) is 13.3 Å². The number of rotatable bonds is 3. The predicted molar refractivity (Wildman–Crippen MR) is 52.0 cm³/mol. The molecule has 7 heteroatoms. The number of carbonyl (C=O) groups excluding carboxylic acids is 1. The fourth-order valence-corrected chi connectivity index (χ4v) is 2.91. The average Bonchev–Trinajstić information content (AvgIpc) is 2.48. The monoisotopic (exact) mass is 235 g/mol. The Morgan fingerprint density at radius 2 is 2.29 bits per heavy atom. The van der Waals surface area contributed by atoms with Crippen molar-refractivity contribution in [1.82, 2.24) is 4.98 Å². The molecule has 1 aromatic rings. The maximum atomic E-state index is 11.0. The van der Waals surface area contributed by atoms with Gasteiger partial charge in [-0.1, -0.05) is 0 Å². The normalized spacial score (nSPS) is 11.3. The van der Waals surface area contributed by atoms with E-state index < -0.39 is 15.8 Å². The lowest BCUT2D eigenvalue weighted by molar-refractivity contribution is 0.0600. The van der Waals surface area contributed by atoms with Gasteiger partial charge in [-0.05, 0) is 0 Å². The summed E-state index contributed by atoms with van der Waals surface area (Å²) in [6.07, 6.45) is 2.50. The SMILES string of the molecule is COC(=O)c1ncc(CS(C)(=O)=O)s1. The Morgan fingerprint density at radius 3 is 2.79 bits per heavy atom. The summed E-state index contributed by atoms with van der Waals surface area (Å²) in [6, 6.07) is 0. The molecule has 5 nitrogen and oxygen atoms in total. The Balaban J connectivity index is 2.84. The first-order valence-electron chi connectivity index (χ1n) is 3.63. The van der Waals surface area contributed by atoms with Crippen LogP contribution in [0.4, 0.5) is 0 Å². The van der Waals surface area contributed by atoms with Gasteiger partial charge in [-0.3, -0.25) is 0 Å². The van der Waals surface area contributed by atoms with Crippen molar-refractivity contribution in [1.29, 1.82) is 0 Å². The lowest BCUT2D eigenvalue weighted by Crippen LogP contribution is -1.99. The number of carbonyl (C=O) groups is 1. The van der Waals surface area contributed by atoms with Crippen LogP contribution in [0, 0.1) is 0 Å². The molecule has 0 saturated carbocycles. The van der Waals surface area contributed by atoms with Crippen LogP contribution in [-0.4, -0.2) is 32.7 Å². The first-order valence-corrected chi connectivity index (χ1v) is 6.51. The molecule has 0 aliphatic heterocycles. The van der Waals surface area contributed by atoms with Gasteiger partial charge in [0.2, 0.25) is 5.01 Å². The standard InChI is InChI=1S/C7H9NO4S2/c1-12-7(9)6-8-3-5(13-6)4-14(2,10)11/h3H,4H2,1-2H3. The van der Waals surface area contributed by atoms with Crippen LogP contribution in [0.5, 0.6) is 0 Å². The lowest BCUT2D eigenvalue weighted by Gasteiger charge is -1.92. The van der Waals surface area contributed by atoms with E-state index in [1.54, 1.807) is 0 Å². The number of thiazole rings is 1. The largest absolute Gasteiger partial charge is 0.464 e. The maximum absolute atomic E-state index is 11.0. The number of sulfone groups is 1. The number of esters is 1. The van der Waals surface area contributed by atoms with E-state index in [9.17, 15) is 13.2 Å². The van der Waals surface area contributed by atoms with Crippen molar-refractivity contribution >= 4 is 27.1 Å². The van der Waals surface area contributed by atoms with Crippen LogP contribution in [0.3, 0.4) is 0 Å². The van der Waals surface area contributed by atoms with E-state index in [0.29, 0.717) is 4.88 Å². The van der Waals surface area contributed by atoms with E-state index in [-0.39, 0.29) is 10.8 Å². The third-order valence-electron chi connectivity index (χ3n) is 1.32. The molecule has 0 N–H and O–H groups in total. The van der Waals surface area contributed by atoms with Crippen molar-refractivity contribution in [2.75, 3.05) is 13.4 Å². The fraction of sp³-hybridized carbons (Fsp3) is 0.429. The molecule has 1 heterocycles. The van der Waals surface area contributed by atoms with Crippen molar-refractivity contribution in [3.8, 4) is 0 Å². The summed E-state index contributed by atoms with van der Waals surface area (Å²) in [7, 11) is -1.83. The van der Waals surface area contributed by atoms with Crippen molar-refractivity contribution in [3.05, 3.63) is 16.1 Å². The zero-order chi connectivity index (χ0) is 10.8. The van der Waals surface area contributed by atoms with Gasteiger partial charge in [0.05, 0.1) is 12.9 Å². The average molecular weight is 235 g/mol. The highest BCUT2D eigenvalue weighted by atomic mass is 32.2. The molecule has 0 atom stereocenters. The molecular formula is C7H9NO4S2. The van der Waals surface area contributed by atoms with Crippen LogP contribution >= 0.6 is 11.3 Å². The molecule has 0 unspecified atom stereocenters. The van der Waals surface area contributed by atoms with E-state index in [1.807, 2.05) is 0 Å². The van der Waals surface area contributed by atoms with E-state index >= 15 is 0 Å². The molecule has 0 saturated heterocycles. The van der Waals surface area contributed by atoms with Crippen LogP contribution in [0.2, 0.25) is 0 Å². The molecule has 0 aliphatic carbocycles. The van der Waals surface area contributed by atoms with Gasteiger partial charge in [-0.15, -0.1) is 11.3 Å². The molecule has 0 radical (unpaired) electrons. The number of nitrogens with zero attached hydrogens (tertiary/aromatic N) is 1. The fourth-order valence-electron chi connectivity index (χ4n) is 0.814. The molecular weight excluding hydrogens is 226 g/mol. The van der Waals surface area contributed by atoms with Crippen LogP contribution in [0.1, 0.15) is 14.7 Å². The molecule has 0 amide bonds. The molecule has 0 aliphatic rings. The van der Waals surface area contributed by atoms with Gasteiger partial charge >= 0.3 is 5.97 Å². The highest BCUT2D eigenvalue weighted by Gasteiger charge is 2.13. The van der Waals surface area contributed by atoms with Gasteiger partial charge in [0.15, 0.2) is 9.84 Å².